The van der Waals surface area contributed by atoms with Crippen LogP contribution in [0.2, 0.25) is 0 Å². The molecule has 3 nitrogen and oxygen atoms in total. The van der Waals surface area contributed by atoms with Gasteiger partial charge >= 0.3 is 0 Å². The van der Waals surface area contributed by atoms with Crippen molar-refractivity contribution in [1.82, 2.24) is 0 Å². The maximum atomic E-state index is 15.2. The third-order valence-corrected chi connectivity index (χ3v) is 8.45. The van der Waals surface area contributed by atoms with Gasteiger partial charge < -0.3 is 4.42 Å². The summed E-state index contributed by atoms with van der Waals surface area (Å²) >= 11 is 0. The molecule has 0 unspecified atom stereocenters. The second kappa shape index (κ2) is 8.37. The first kappa shape index (κ1) is 21.1. The number of nitriles is 1. The second-order valence-electron chi connectivity index (χ2n) is 11.2. The first-order valence-corrected chi connectivity index (χ1v) is 13.2. The van der Waals surface area contributed by atoms with Crippen molar-refractivity contribution >= 4 is 21.9 Å². The largest absolute Gasteiger partial charge is 0.454 e. The summed E-state index contributed by atoms with van der Waals surface area (Å²) in [4.78, 5) is 0. The van der Waals surface area contributed by atoms with E-state index in [0.717, 1.165) is 27.5 Å². The Labute approximate surface area is 237 Å². The summed E-state index contributed by atoms with van der Waals surface area (Å²) in [5, 5.41) is 11.6. The highest BCUT2D eigenvalue weighted by molar-refractivity contribution is 6.13. The van der Waals surface area contributed by atoms with E-state index in [0.29, 0.717) is 28.0 Å². The van der Waals surface area contributed by atoms with Crippen LogP contribution >= 0.6 is 0 Å². The molecule has 7 rings (SSSR count). The monoisotopic (exact) mass is 526 g/mol. The van der Waals surface area contributed by atoms with Crippen molar-refractivity contribution in [3.63, 3.8) is 0 Å². The summed E-state index contributed by atoms with van der Waals surface area (Å²) in [5.74, 6) is -0.796. The molecule has 0 aliphatic heterocycles. The van der Waals surface area contributed by atoms with E-state index in [9.17, 15) is 5.26 Å². The van der Waals surface area contributed by atoms with E-state index in [1.807, 2.05) is 31.2 Å². The minimum Gasteiger partial charge on any atom is -0.454 e. The normalized spacial score (nSPS) is 14.8. The molecule has 0 radical (unpaired) electrons. The Bertz CT molecular complexity index is 2200. The molecule has 194 valence electrons. The van der Waals surface area contributed by atoms with Gasteiger partial charge in [-0.15, -0.1) is 0 Å². The van der Waals surface area contributed by atoms with Gasteiger partial charge in [0.25, 0.3) is 0 Å². The minimum absolute atomic E-state index is 0.189. The summed E-state index contributed by atoms with van der Waals surface area (Å²) in [7, 11) is 1.70. The number of pyridine rings is 1. The van der Waals surface area contributed by atoms with Gasteiger partial charge in [0.2, 0.25) is 5.69 Å². The van der Waals surface area contributed by atoms with Crippen LogP contribution in [0.3, 0.4) is 0 Å². The number of hydrogen-bond acceptors (Lipinski definition) is 2. The van der Waals surface area contributed by atoms with Crippen molar-refractivity contribution in [2.45, 2.75) is 33.0 Å². The fourth-order valence-electron chi connectivity index (χ4n) is 6.38. The van der Waals surface area contributed by atoms with Crippen LogP contribution < -0.4 is 4.57 Å². The highest BCUT2D eigenvalue weighted by Crippen LogP contribution is 2.50. The number of hydrogen-bond donors (Lipinski definition) is 0. The van der Waals surface area contributed by atoms with Crippen molar-refractivity contribution in [3.05, 3.63) is 113 Å². The summed E-state index contributed by atoms with van der Waals surface area (Å²) < 4.78 is 46.6. The van der Waals surface area contributed by atoms with E-state index < -0.39 is 12.7 Å². The maximum absolute atomic E-state index is 15.2. The molecular formula is C36H28FN2O+. The van der Waals surface area contributed by atoms with Crippen LogP contribution in [0.5, 0.6) is 0 Å². The molecule has 0 N–H and O–H groups in total. The zero-order valence-corrected chi connectivity index (χ0v) is 22.7. The number of aryl methyl sites for hydroxylation is 3. The topological polar surface area (TPSA) is 40.8 Å². The highest BCUT2D eigenvalue weighted by atomic mass is 19.1. The van der Waals surface area contributed by atoms with Gasteiger partial charge in [-0.2, -0.15) is 5.26 Å². The van der Waals surface area contributed by atoms with E-state index in [2.05, 4.69) is 62.4 Å². The van der Waals surface area contributed by atoms with E-state index in [-0.39, 0.29) is 11.0 Å². The maximum Gasteiger partial charge on any atom is 0.219 e. The van der Waals surface area contributed by atoms with Crippen molar-refractivity contribution in [3.8, 4) is 39.6 Å². The first-order chi connectivity index (χ1) is 20.4. The van der Waals surface area contributed by atoms with Crippen LogP contribution in [0.4, 0.5) is 4.39 Å². The predicted octanol–water partition coefficient (Wildman–Crippen LogP) is 8.68. The molecule has 4 heteroatoms. The lowest BCUT2D eigenvalue weighted by Crippen LogP contribution is -2.31. The molecule has 6 aromatic rings. The molecular weight excluding hydrogens is 495 g/mol. The predicted molar refractivity (Wildman–Crippen MR) is 157 cm³/mol. The summed E-state index contributed by atoms with van der Waals surface area (Å²) in [6, 6.07) is 26.1. The van der Waals surface area contributed by atoms with Gasteiger partial charge in [-0.05, 0) is 65.4 Å². The molecule has 4 aromatic carbocycles. The van der Waals surface area contributed by atoms with Crippen LogP contribution in [0.1, 0.15) is 45.8 Å². The third-order valence-electron chi connectivity index (χ3n) is 8.45. The lowest BCUT2D eigenvalue weighted by molar-refractivity contribution is -0.661. The Balaban J connectivity index is 1.49. The van der Waals surface area contributed by atoms with E-state index in [1.165, 1.54) is 34.5 Å². The van der Waals surface area contributed by atoms with Crippen LogP contribution in [0.25, 0.3) is 55.4 Å². The second-order valence-corrected chi connectivity index (χ2v) is 11.2. The average molecular weight is 527 g/mol. The van der Waals surface area contributed by atoms with Gasteiger partial charge in [-0.25, -0.2) is 8.96 Å². The summed E-state index contributed by atoms with van der Waals surface area (Å²) in [5.41, 5.74) is 9.86. The Hall–Kier alpha value is -4.75. The van der Waals surface area contributed by atoms with E-state index >= 15 is 4.39 Å². The number of furan rings is 1. The van der Waals surface area contributed by atoms with Crippen molar-refractivity contribution in [2.24, 2.45) is 7.05 Å². The van der Waals surface area contributed by atoms with Crippen LogP contribution in [0.15, 0.2) is 83.4 Å². The lowest BCUT2D eigenvalue weighted by Gasteiger charge is -2.22. The summed E-state index contributed by atoms with van der Waals surface area (Å²) in [6.07, 6.45) is 1.32. The SMILES string of the molecule is [2H]C([2H])([2H])c1c[n+](C)c(-c2c(C)ccc3c2oc2c(-c4ccc5c(c4)C(C)(C)c4ccccc4-5)cc(C#N)cc23)cc1F. The quantitative estimate of drug-likeness (QED) is 0.212. The lowest BCUT2D eigenvalue weighted by atomic mass is 9.81. The molecule has 0 fully saturated rings. The van der Waals surface area contributed by atoms with Gasteiger partial charge in [0.1, 0.15) is 24.0 Å². The number of aromatic nitrogens is 1. The molecule has 40 heavy (non-hydrogen) atoms. The average Bonchev–Trinajstić information content (AvgIpc) is 3.45. The fourth-order valence-corrected chi connectivity index (χ4v) is 6.38. The number of nitrogens with zero attached hydrogens (tertiary/aromatic N) is 2. The Morgan fingerprint density at radius 3 is 2.48 bits per heavy atom. The molecule has 0 saturated heterocycles. The Kier molecular flexibility index (Phi) is 4.42. The van der Waals surface area contributed by atoms with E-state index in [1.54, 1.807) is 11.6 Å². The number of halogens is 1. The van der Waals surface area contributed by atoms with Gasteiger partial charge in [0.15, 0.2) is 6.20 Å². The fraction of sp³-hybridized carbons (Fsp3) is 0.167. The van der Waals surface area contributed by atoms with Gasteiger partial charge in [-0.3, -0.25) is 0 Å². The van der Waals surface area contributed by atoms with Crippen LogP contribution in [0, 0.1) is 30.9 Å². The van der Waals surface area contributed by atoms with Crippen molar-refractivity contribution in [2.75, 3.05) is 0 Å². The van der Waals surface area contributed by atoms with Gasteiger partial charge in [0, 0.05) is 37.5 Å². The minimum atomic E-state index is -2.57. The molecule has 2 aromatic heterocycles. The molecule has 0 amide bonds. The Morgan fingerprint density at radius 1 is 0.875 bits per heavy atom. The van der Waals surface area contributed by atoms with Gasteiger partial charge in [0.05, 0.1) is 17.2 Å². The van der Waals surface area contributed by atoms with Crippen molar-refractivity contribution < 1.29 is 17.5 Å². The standard InChI is InChI=1S/C36H28FN2O/c1-20-10-12-26-28-15-22(18-38)14-27(34(28)40-35(26)33(20)32-17-31(37)21(2)19-39(32)5)23-11-13-25-24-8-6-7-9-29(24)36(3,4)30(25)16-23/h6-17,19H,1-5H3/q+1/i2D3. The molecule has 0 spiro atoms. The zero-order chi connectivity index (χ0) is 30.4. The number of fused-ring (bicyclic) bond motifs is 6. The highest BCUT2D eigenvalue weighted by Gasteiger charge is 2.35. The summed E-state index contributed by atoms with van der Waals surface area (Å²) in [6.45, 7) is 3.81. The van der Waals surface area contributed by atoms with Gasteiger partial charge in [-0.1, -0.05) is 62.4 Å². The van der Waals surface area contributed by atoms with Crippen LogP contribution in [-0.4, -0.2) is 0 Å². The molecule has 0 bridgehead atoms. The molecule has 1 aliphatic carbocycles. The van der Waals surface area contributed by atoms with E-state index in [4.69, 9.17) is 8.53 Å². The smallest absolute Gasteiger partial charge is 0.219 e. The Morgan fingerprint density at radius 2 is 1.68 bits per heavy atom. The van der Waals surface area contributed by atoms with Crippen LogP contribution in [-0.2, 0) is 12.5 Å². The number of rotatable bonds is 2. The number of benzene rings is 4. The molecule has 0 atom stereocenters. The molecule has 1 aliphatic rings. The molecule has 2 heterocycles. The third kappa shape index (κ3) is 3.31. The zero-order valence-electron chi connectivity index (χ0n) is 25.7. The van der Waals surface area contributed by atoms with Crippen molar-refractivity contribution in [1.29, 1.82) is 5.26 Å². The first-order valence-electron chi connectivity index (χ1n) is 14.7. The molecule has 0 saturated carbocycles.